The number of aryl methyl sites for hydroxylation is 1. The lowest BCUT2D eigenvalue weighted by molar-refractivity contribution is 0.0911. The van der Waals surface area contributed by atoms with Gasteiger partial charge < -0.3 is 5.32 Å². The van der Waals surface area contributed by atoms with Gasteiger partial charge in [0.05, 0.1) is 0 Å². The van der Waals surface area contributed by atoms with E-state index in [1.54, 1.807) is 6.07 Å². The number of carbonyl (C=O) groups excluding carboxylic acids is 1. The quantitative estimate of drug-likeness (QED) is 0.812. The highest BCUT2D eigenvalue weighted by Gasteiger charge is 2.25. The average molecular weight is 345 g/mol. The van der Waals surface area contributed by atoms with Crippen molar-refractivity contribution >= 4 is 33.4 Å². The number of hydrogen-bond donors (Lipinski definition) is 1. The standard InChI is InChI=1S/C15H19BrClNO/c1-10-6-7-11(8-13(10)17)15(19)18-14-5-3-2-4-12(14)9-16/h6-8,12,14H,2-5,9H2,1H3,(H,18,19). The summed E-state index contributed by atoms with van der Waals surface area (Å²) in [5.41, 5.74) is 1.64. The van der Waals surface area contributed by atoms with E-state index in [1.807, 2.05) is 19.1 Å². The number of hydrogen-bond acceptors (Lipinski definition) is 1. The van der Waals surface area contributed by atoms with Gasteiger partial charge in [-0.25, -0.2) is 0 Å². The lowest BCUT2D eigenvalue weighted by Gasteiger charge is -2.31. The number of rotatable bonds is 3. The minimum atomic E-state index is -0.0141. The van der Waals surface area contributed by atoms with E-state index in [1.165, 1.54) is 19.3 Å². The summed E-state index contributed by atoms with van der Waals surface area (Å²) in [7, 11) is 0. The van der Waals surface area contributed by atoms with Crippen molar-refractivity contribution in [2.75, 3.05) is 5.33 Å². The van der Waals surface area contributed by atoms with Crippen molar-refractivity contribution in [1.29, 1.82) is 0 Å². The smallest absolute Gasteiger partial charge is 0.251 e. The third-order valence-electron chi connectivity index (χ3n) is 3.86. The van der Waals surface area contributed by atoms with Gasteiger partial charge in [-0.3, -0.25) is 4.79 Å². The number of halogens is 2. The minimum absolute atomic E-state index is 0.0141. The lowest BCUT2D eigenvalue weighted by Crippen LogP contribution is -2.42. The molecule has 0 saturated heterocycles. The molecule has 0 radical (unpaired) electrons. The number of carbonyl (C=O) groups is 1. The second-order valence-electron chi connectivity index (χ2n) is 5.24. The van der Waals surface area contributed by atoms with Crippen LogP contribution in [0.3, 0.4) is 0 Å². The van der Waals surface area contributed by atoms with Crippen LogP contribution < -0.4 is 5.32 Å². The van der Waals surface area contributed by atoms with E-state index in [4.69, 9.17) is 11.6 Å². The van der Waals surface area contributed by atoms with Crippen LogP contribution in [0.1, 0.15) is 41.6 Å². The molecule has 2 atom stereocenters. The molecule has 4 heteroatoms. The fourth-order valence-corrected chi connectivity index (χ4v) is 3.52. The molecule has 0 bridgehead atoms. The van der Waals surface area contributed by atoms with E-state index in [0.717, 1.165) is 17.3 Å². The zero-order valence-corrected chi connectivity index (χ0v) is 13.4. The Bertz CT molecular complexity index is 463. The topological polar surface area (TPSA) is 29.1 Å². The first-order valence-corrected chi connectivity index (χ1v) is 8.24. The summed E-state index contributed by atoms with van der Waals surface area (Å²) in [6.45, 7) is 1.94. The Morgan fingerprint density at radius 3 is 2.84 bits per heavy atom. The van der Waals surface area contributed by atoms with Gasteiger partial charge in [-0.1, -0.05) is 46.4 Å². The molecule has 0 aliphatic heterocycles. The fraction of sp³-hybridized carbons (Fsp3) is 0.533. The second-order valence-corrected chi connectivity index (χ2v) is 6.30. The normalized spacial score (nSPS) is 23.1. The Hall–Kier alpha value is -0.540. The average Bonchev–Trinajstić information content (AvgIpc) is 2.42. The Labute approximate surface area is 128 Å². The van der Waals surface area contributed by atoms with E-state index in [0.29, 0.717) is 16.5 Å². The van der Waals surface area contributed by atoms with Gasteiger partial charge in [-0.05, 0) is 43.4 Å². The molecular formula is C15H19BrClNO. The van der Waals surface area contributed by atoms with Gasteiger partial charge in [0.15, 0.2) is 0 Å². The van der Waals surface area contributed by atoms with Crippen molar-refractivity contribution in [2.45, 2.75) is 38.6 Å². The Balaban J connectivity index is 2.05. The van der Waals surface area contributed by atoms with Crippen molar-refractivity contribution in [3.05, 3.63) is 34.3 Å². The first kappa shape index (κ1) is 14.9. The molecule has 2 rings (SSSR count). The largest absolute Gasteiger partial charge is 0.349 e. The van der Waals surface area contributed by atoms with Gasteiger partial charge in [0.2, 0.25) is 0 Å². The zero-order chi connectivity index (χ0) is 13.8. The minimum Gasteiger partial charge on any atom is -0.349 e. The van der Waals surface area contributed by atoms with Crippen LogP contribution in [0.15, 0.2) is 18.2 Å². The van der Waals surface area contributed by atoms with Crippen molar-refractivity contribution in [3.8, 4) is 0 Å². The third kappa shape index (κ3) is 3.73. The van der Waals surface area contributed by atoms with Crippen LogP contribution in [-0.4, -0.2) is 17.3 Å². The second kappa shape index (κ2) is 6.76. The van der Waals surface area contributed by atoms with E-state index in [2.05, 4.69) is 21.2 Å². The molecule has 1 aliphatic carbocycles. The molecule has 1 saturated carbocycles. The van der Waals surface area contributed by atoms with Crippen LogP contribution in [0.2, 0.25) is 5.02 Å². The van der Waals surface area contributed by atoms with E-state index in [9.17, 15) is 4.79 Å². The summed E-state index contributed by atoms with van der Waals surface area (Å²) in [4.78, 5) is 12.3. The Morgan fingerprint density at radius 1 is 1.42 bits per heavy atom. The van der Waals surface area contributed by atoms with Gasteiger partial charge >= 0.3 is 0 Å². The fourth-order valence-electron chi connectivity index (χ4n) is 2.57. The Kier molecular flexibility index (Phi) is 5.28. The lowest BCUT2D eigenvalue weighted by atomic mass is 9.86. The molecule has 2 nitrogen and oxygen atoms in total. The highest BCUT2D eigenvalue weighted by molar-refractivity contribution is 9.09. The first-order chi connectivity index (χ1) is 9.11. The van der Waals surface area contributed by atoms with Crippen LogP contribution in [0.5, 0.6) is 0 Å². The molecule has 19 heavy (non-hydrogen) atoms. The maximum atomic E-state index is 12.3. The van der Waals surface area contributed by atoms with Gasteiger partial charge in [0, 0.05) is 22.0 Å². The Morgan fingerprint density at radius 2 is 2.16 bits per heavy atom. The van der Waals surface area contributed by atoms with Gasteiger partial charge in [-0.15, -0.1) is 0 Å². The number of nitrogens with one attached hydrogen (secondary N) is 1. The molecule has 1 fully saturated rings. The molecule has 1 amide bonds. The molecule has 104 valence electrons. The van der Waals surface area contributed by atoms with Gasteiger partial charge in [-0.2, -0.15) is 0 Å². The van der Waals surface area contributed by atoms with Crippen LogP contribution in [0.4, 0.5) is 0 Å². The summed E-state index contributed by atoms with van der Waals surface area (Å²) in [5, 5.41) is 4.75. The predicted molar refractivity (Wildman–Crippen MR) is 83.2 cm³/mol. The van der Waals surface area contributed by atoms with Crippen LogP contribution in [-0.2, 0) is 0 Å². The molecule has 1 aliphatic rings. The molecule has 1 aromatic carbocycles. The monoisotopic (exact) mass is 343 g/mol. The summed E-state index contributed by atoms with van der Waals surface area (Å²) in [5.74, 6) is 0.526. The molecule has 1 aromatic rings. The van der Waals surface area contributed by atoms with Crippen molar-refractivity contribution in [2.24, 2.45) is 5.92 Å². The zero-order valence-electron chi connectivity index (χ0n) is 11.1. The molecule has 1 N–H and O–H groups in total. The number of benzene rings is 1. The summed E-state index contributed by atoms with van der Waals surface area (Å²) < 4.78 is 0. The van der Waals surface area contributed by atoms with E-state index >= 15 is 0 Å². The van der Waals surface area contributed by atoms with Crippen LogP contribution >= 0.6 is 27.5 Å². The van der Waals surface area contributed by atoms with Crippen molar-refractivity contribution < 1.29 is 4.79 Å². The van der Waals surface area contributed by atoms with E-state index in [-0.39, 0.29) is 11.9 Å². The summed E-state index contributed by atoms with van der Waals surface area (Å²) in [6, 6.07) is 5.75. The molecule has 0 spiro atoms. The molecule has 0 heterocycles. The number of amides is 1. The maximum Gasteiger partial charge on any atom is 0.251 e. The number of alkyl halides is 1. The molecule has 2 unspecified atom stereocenters. The predicted octanol–water partition coefficient (Wildman–Crippen LogP) is 4.33. The van der Waals surface area contributed by atoms with Crippen LogP contribution in [0, 0.1) is 12.8 Å². The first-order valence-electron chi connectivity index (χ1n) is 6.75. The van der Waals surface area contributed by atoms with Gasteiger partial charge in [0.25, 0.3) is 5.91 Å². The summed E-state index contributed by atoms with van der Waals surface area (Å²) >= 11 is 9.62. The molecular weight excluding hydrogens is 326 g/mol. The SMILES string of the molecule is Cc1ccc(C(=O)NC2CCCCC2CBr)cc1Cl. The van der Waals surface area contributed by atoms with Crippen molar-refractivity contribution in [1.82, 2.24) is 5.32 Å². The summed E-state index contributed by atoms with van der Waals surface area (Å²) in [6.07, 6.45) is 4.72. The van der Waals surface area contributed by atoms with Gasteiger partial charge in [0.1, 0.15) is 0 Å². The maximum absolute atomic E-state index is 12.3. The highest BCUT2D eigenvalue weighted by atomic mass is 79.9. The highest BCUT2D eigenvalue weighted by Crippen LogP contribution is 2.26. The third-order valence-corrected chi connectivity index (χ3v) is 5.10. The molecule has 0 aromatic heterocycles. The van der Waals surface area contributed by atoms with Crippen LogP contribution in [0.25, 0.3) is 0 Å². The van der Waals surface area contributed by atoms with Crippen molar-refractivity contribution in [3.63, 3.8) is 0 Å². The van der Waals surface area contributed by atoms with E-state index < -0.39 is 0 Å².